The molecule has 0 amide bonds. The minimum atomic E-state index is 1.11. The largest absolute Gasteiger partial charge is 0.309 e. The van der Waals surface area contributed by atoms with E-state index in [1.54, 1.807) is 0 Å². The number of hydrogen-bond donors (Lipinski definition) is 0. The Bertz CT molecular complexity index is 3210. The molecule has 11 aromatic rings. The van der Waals surface area contributed by atoms with Crippen molar-refractivity contribution in [3.63, 3.8) is 0 Å². The lowest BCUT2D eigenvalue weighted by Crippen LogP contribution is -2.10. The topological polar surface area (TPSA) is 3.24 Å². The Morgan fingerprint density at radius 2 is 0.789 bits per heavy atom. The van der Waals surface area contributed by atoms with Gasteiger partial charge in [0, 0.05) is 47.0 Å². The molecule has 0 aliphatic heterocycles. The normalized spacial score (nSPS) is 11.5. The van der Waals surface area contributed by atoms with Crippen LogP contribution in [0.3, 0.4) is 0 Å². The van der Waals surface area contributed by atoms with E-state index in [4.69, 9.17) is 0 Å². The molecular formula is C54H35NS2. The van der Waals surface area contributed by atoms with Crippen LogP contribution in [-0.4, -0.2) is 0 Å². The molecule has 0 radical (unpaired) electrons. The lowest BCUT2D eigenvalue weighted by atomic mass is 9.92. The van der Waals surface area contributed by atoms with E-state index < -0.39 is 0 Å². The van der Waals surface area contributed by atoms with E-state index in [0.717, 1.165) is 11.4 Å². The van der Waals surface area contributed by atoms with Crippen molar-refractivity contribution < 1.29 is 0 Å². The molecule has 11 rings (SSSR count). The highest BCUT2D eigenvalue weighted by molar-refractivity contribution is 7.26. The molecule has 2 heterocycles. The van der Waals surface area contributed by atoms with Gasteiger partial charge >= 0.3 is 0 Å². The summed E-state index contributed by atoms with van der Waals surface area (Å²) in [5.74, 6) is 0. The van der Waals surface area contributed by atoms with Crippen LogP contribution >= 0.6 is 22.7 Å². The van der Waals surface area contributed by atoms with Gasteiger partial charge in [0.25, 0.3) is 0 Å². The summed E-state index contributed by atoms with van der Waals surface area (Å²) < 4.78 is 5.20. The fraction of sp³-hybridized carbons (Fsp3) is 0. The number of nitrogens with zero attached hydrogens (tertiary/aromatic N) is 1. The van der Waals surface area contributed by atoms with E-state index in [9.17, 15) is 0 Å². The second kappa shape index (κ2) is 14.1. The predicted octanol–water partition coefficient (Wildman–Crippen LogP) is 16.6. The first kappa shape index (κ1) is 33.5. The molecule has 0 unspecified atom stereocenters. The molecule has 9 aromatic carbocycles. The highest BCUT2D eigenvalue weighted by atomic mass is 32.1. The Morgan fingerprint density at radius 1 is 0.281 bits per heavy atom. The van der Waals surface area contributed by atoms with Crippen molar-refractivity contribution in [1.82, 2.24) is 0 Å². The van der Waals surface area contributed by atoms with Crippen molar-refractivity contribution in [1.29, 1.82) is 0 Å². The molecule has 3 heteroatoms. The Kier molecular flexibility index (Phi) is 8.28. The van der Waals surface area contributed by atoms with Crippen LogP contribution in [0, 0.1) is 0 Å². The first-order valence-electron chi connectivity index (χ1n) is 19.3. The van der Waals surface area contributed by atoms with Crippen molar-refractivity contribution in [3.05, 3.63) is 212 Å². The third-order valence-electron chi connectivity index (χ3n) is 11.1. The molecule has 0 bridgehead atoms. The molecule has 2 aromatic heterocycles. The quantitative estimate of drug-likeness (QED) is 0.156. The zero-order chi connectivity index (χ0) is 37.7. The van der Waals surface area contributed by atoms with E-state index in [2.05, 4.69) is 217 Å². The van der Waals surface area contributed by atoms with Gasteiger partial charge in [0.05, 0.1) is 10.4 Å². The van der Waals surface area contributed by atoms with Crippen molar-refractivity contribution >= 4 is 80.1 Å². The molecule has 0 N–H and O–H groups in total. The monoisotopic (exact) mass is 761 g/mol. The summed E-state index contributed by atoms with van der Waals surface area (Å²) in [7, 11) is 0. The average molecular weight is 762 g/mol. The molecule has 0 saturated carbocycles. The Labute approximate surface area is 340 Å². The van der Waals surface area contributed by atoms with Crippen LogP contribution in [0.15, 0.2) is 212 Å². The van der Waals surface area contributed by atoms with Gasteiger partial charge < -0.3 is 4.90 Å². The second-order valence-electron chi connectivity index (χ2n) is 14.5. The maximum atomic E-state index is 2.46. The molecule has 57 heavy (non-hydrogen) atoms. The van der Waals surface area contributed by atoms with E-state index >= 15 is 0 Å². The van der Waals surface area contributed by atoms with E-state index in [1.165, 1.54) is 90.5 Å². The molecule has 268 valence electrons. The predicted molar refractivity (Wildman–Crippen MR) is 249 cm³/mol. The third kappa shape index (κ3) is 6.00. The minimum absolute atomic E-state index is 1.11. The molecular weight excluding hydrogens is 727 g/mol. The zero-order valence-corrected chi connectivity index (χ0v) is 32.6. The van der Waals surface area contributed by atoms with Crippen LogP contribution in [0.1, 0.15) is 0 Å². The number of hydrogen-bond acceptors (Lipinski definition) is 3. The fourth-order valence-corrected chi connectivity index (χ4v) is 10.6. The van der Waals surface area contributed by atoms with Crippen LogP contribution in [0.4, 0.5) is 17.1 Å². The van der Waals surface area contributed by atoms with Gasteiger partial charge in [-0.15, -0.1) is 22.7 Å². The summed E-state index contributed by atoms with van der Waals surface area (Å²) in [4.78, 5) is 2.46. The number of rotatable bonds is 7. The highest BCUT2D eigenvalue weighted by Crippen LogP contribution is 2.47. The van der Waals surface area contributed by atoms with E-state index in [0.29, 0.717) is 0 Å². The maximum absolute atomic E-state index is 2.46. The van der Waals surface area contributed by atoms with Crippen molar-refractivity contribution in [2.45, 2.75) is 0 Å². The van der Waals surface area contributed by atoms with Gasteiger partial charge in [-0.2, -0.15) is 0 Å². The number of anilines is 3. The van der Waals surface area contributed by atoms with Crippen LogP contribution in [-0.2, 0) is 0 Å². The number of benzene rings is 9. The Hall–Kier alpha value is -6.78. The highest BCUT2D eigenvalue weighted by Gasteiger charge is 2.21. The number of fused-ring (bicyclic) bond motifs is 6. The van der Waals surface area contributed by atoms with E-state index in [-0.39, 0.29) is 0 Å². The van der Waals surface area contributed by atoms with Crippen molar-refractivity contribution in [2.24, 2.45) is 0 Å². The van der Waals surface area contributed by atoms with Crippen molar-refractivity contribution in [3.8, 4) is 44.5 Å². The van der Waals surface area contributed by atoms with Crippen LogP contribution in [0.2, 0.25) is 0 Å². The molecule has 0 fully saturated rings. The standard InChI is InChI=1S/C54H35NS2/c1-3-12-36(13-4-1)37-22-24-38(25-23-37)39-26-29-42(30-27-39)55(50-19-11-18-47-45-16-7-10-21-52(45)57-54(47)50)43-31-32-44(40-14-5-2-6-15-40)48(35-43)41-28-33-53-49(34-41)46-17-8-9-20-51(46)56-53/h1-35H. The fourth-order valence-electron chi connectivity index (χ4n) is 8.30. The molecule has 0 aliphatic rings. The Morgan fingerprint density at radius 3 is 1.49 bits per heavy atom. The van der Waals surface area contributed by atoms with Gasteiger partial charge in [-0.1, -0.05) is 158 Å². The molecule has 1 nitrogen and oxygen atoms in total. The molecule has 0 spiro atoms. The lowest BCUT2D eigenvalue weighted by molar-refractivity contribution is 1.30. The zero-order valence-electron chi connectivity index (χ0n) is 31.0. The van der Waals surface area contributed by atoms with Crippen LogP contribution in [0.25, 0.3) is 84.9 Å². The Balaban J connectivity index is 1.09. The van der Waals surface area contributed by atoms with Gasteiger partial charge in [-0.25, -0.2) is 0 Å². The molecule has 0 saturated heterocycles. The minimum Gasteiger partial charge on any atom is -0.309 e. The smallest absolute Gasteiger partial charge is 0.0640 e. The van der Waals surface area contributed by atoms with Crippen LogP contribution < -0.4 is 4.90 Å². The summed E-state index contributed by atoms with van der Waals surface area (Å²) in [6.07, 6.45) is 0. The molecule has 0 atom stereocenters. The summed E-state index contributed by atoms with van der Waals surface area (Å²) in [5.41, 5.74) is 13.1. The van der Waals surface area contributed by atoms with Gasteiger partial charge in [0.2, 0.25) is 0 Å². The number of thiophene rings is 2. The lowest BCUT2D eigenvalue weighted by Gasteiger charge is -2.27. The summed E-state index contributed by atoms with van der Waals surface area (Å²) in [6, 6.07) is 77.7. The van der Waals surface area contributed by atoms with Gasteiger partial charge in [0.15, 0.2) is 0 Å². The van der Waals surface area contributed by atoms with Crippen molar-refractivity contribution in [2.75, 3.05) is 4.90 Å². The second-order valence-corrected chi connectivity index (χ2v) is 16.6. The summed E-state index contributed by atoms with van der Waals surface area (Å²) >= 11 is 3.73. The first-order chi connectivity index (χ1) is 28.2. The summed E-state index contributed by atoms with van der Waals surface area (Å²) in [6.45, 7) is 0. The van der Waals surface area contributed by atoms with Gasteiger partial charge in [-0.05, 0) is 99.1 Å². The third-order valence-corrected chi connectivity index (χ3v) is 13.5. The molecule has 0 aliphatic carbocycles. The van der Waals surface area contributed by atoms with Gasteiger partial charge in [0.1, 0.15) is 0 Å². The van der Waals surface area contributed by atoms with Gasteiger partial charge in [-0.3, -0.25) is 0 Å². The van der Waals surface area contributed by atoms with E-state index in [1.807, 2.05) is 22.7 Å². The first-order valence-corrected chi connectivity index (χ1v) is 21.0. The summed E-state index contributed by atoms with van der Waals surface area (Å²) in [5, 5.41) is 5.19. The SMILES string of the molecule is c1ccc(-c2ccc(-c3ccc(N(c4ccc(-c5ccccc5)c(-c5ccc6sc7ccccc7c6c5)c4)c4cccc5c4sc4ccccc45)cc3)cc2)cc1. The average Bonchev–Trinajstić information content (AvgIpc) is 3.86. The maximum Gasteiger partial charge on any atom is 0.0640 e. The van der Waals surface area contributed by atoms with Crippen LogP contribution in [0.5, 0.6) is 0 Å².